The highest BCUT2D eigenvalue weighted by Gasteiger charge is 2.38. The van der Waals surface area contributed by atoms with Crippen LogP contribution in [-0.2, 0) is 4.79 Å². The molecule has 7 heteroatoms. The molecule has 0 atom stereocenters. The van der Waals surface area contributed by atoms with Gasteiger partial charge in [0.25, 0.3) is 5.91 Å². The second-order valence-corrected chi connectivity index (χ2v) is 11.5. The fourth-order valence-electron chi connectivity index (χ4n) is 5.15. The van der Waals surface area contributed by atoms with Crippen molar-refractivity contribution < 1.29 is 4.79 Å². The summed E-state index contributed by atoms with van der Waals surface area (Å²) in [6, 6.07) is 18.4. The maximum absolute atomic E-state index is 13.5. The van der Waals surface area contributed by atoms with Crippen LogP contribution in [0.3, 0.4) is 0 Å². The molecule has 1 aromatic carbocycles. The van der Waals surface area contributed by atoms with Crippen molar-refractivity contribution in [2.75, 3.05) is 24.5 Å². The number of thiophene rings is 1. The number of carbonyl (C=O) groups is 1. The number of carbonyl (C=O) groups excluding carboxylic acids is 1. The molecular formula is C34H41N5OS. The molecule has 214 valence electrons. The van der Waals surface area contributed by atoms with Gasteiger partial charge in [-0.25, -0.2) is 0 Å². The summed E-state index contributed by atoms with van der Waals surface area (Å²) in [4.78, 5) is 19.1. The number of nitriles is 3. The van der Waals surface area contributed by atoms with Gasteiger partial charge in [0, 0.05) is 35.1 Å². The SMILES string of the molecule is CCCCCCN(CCCCCC)c1ccc(-c2ccc(C3=C(C#N)C(=C(C#N)C#N)N(CCCC)C3=O)s2)cc1. The number of allylic oxidation sites excluding steroid dienone is 2. The molecule has 2 aromatic rings. The van der Waals surface area contributed by atoms with Gasteiger partial charge in [-0.1, -0.05) is 77.8 Å². The summed E-state index contributed by atoms with van der Waals surface area (Å²) in [5, 5.41) is 29.1. The normalized spacial score (nSPS) is 12.8. The summed E-state index contributed by atoms with van der Waals surface area (Å²) >= 11 is 1.46. The van der Waals surface area contributed by atoms with E-state index in [0.29, 0.717) is 17.8 Å². The molecule has 1 aliphatic rings. The van der Waals surface area contributed by atoms with Crippen LogP contribution in [-0.4, -0.2) is 30.4 Å². The van der Waals surface area contributed by atoms with Crippen LogP contribution in [0, 0.1) is 34.0 Å². The van der Waals surface area contributed by atoms with Crippen molar-refractivity contribution in [1.29, 1.82) is 15.8 Å². The van der Waals surface area contributed by atoms with Crippen LogP contribution >= 0.6 is 11.3 Å². The molecule has 0 saturated heterocycles. The van der Waals surface area contributed by atoms with E-state index in [0.717, 1.165) is 30.0 Å². The zero-order valence-corrected chi connectivity index (χ0v) is 25.5. The summed E-state index contributed by atoms with van der Waals surface area (Å²) in [6.45, 7) is 8.99. The van der Waals surface area contributed by atoms with Gasteiger partial charge in [-0.15, -0.1) is 11.3 Å². The highest BCUT2D eigenvalue weighted by Crippen LogP contribution is 2.41. The minimum absolute atomic E-state index is 0.106. The van der Waals surface area contributed by atoms with E-state index in [1.165, 1.54) is 73.3 Å². The molecule has 3 rings (SSSR count). The van der Waals surface area contributed by atoms with E-state index in [2.05, 4.69) is 49.1 Å². The van der Waals surface area contributed by atoms with E-state index in [1.807, 2.05) is 31.2 Å². The van der Waals surface area contributed by atoms with Gasteiger partial charge in [0.2, 0.25) is 0 Å². The zero-order chi connectivity index (χ0) is 29.6. The van der Waals surface area contributed by atoms with Crippen LogP contribution in [0.15, 0.2) is 53.2 Å². The van der Waals surface area contributed by atoms with Gasteiger partial charge in [0.05, 0.1) is 16.8 Å². The molecule has 0 spiro atoms. The monoisotopic (exact) mass is 567 g/mol. The largest absolute Gasteiger partial charge is 0.372 e. The molecule has 41 heavy (non-hydrogen) atoms. The third kappa shape index (κ3) is 7.87. The van der Waals surface area contributed by atoms with E-state index < -0.39 is 0 Å². The molecule has 0 unspecified atom stereocenters. The van der Waals surface area contributed by atoms with Crippen LogP contribution in [0.2, 0.25) is 0 Å². The highest BCUT2D eigenvalue weighted by atomic mass is 32.1. The zero-order valence-electron chi connectivity index (χ0n) is 24.7. The lowest BCUT2D eigenvalue weighted by molar-refractivity contribution is -0.122. The molecule has 0 saturated carbocycles. The first-order valence-corrected chi connectivity index (χ1v) is 15.8. The first-order valence-electron chi connectivity index (χ1n) is 15.0. The Morgan fingerprint density at radius 2 is 1.37 bits per heavy atom. The lowest BCUT2D eigenvalue weighted by Gasteiger charge is -2.25. The standard InChI is InChI=1S/C34H41N5OS/c1-4-7-10-12-20-38(21-13-11-8-5-2)28-16-14-26(15-17-28)30-18-19-31(41-30)32-29(25-37)33(27(23-35)24-36)39(34(32)40)22-9-6-3/h14-19H,4-13,20-22H2,1-3H3. The molecule has 1 amide bonds. The minimum Gasteiger partial charge on any atom is -0.372 e. The van der Waals surface area contributed by atoms with E-state index >= 15 is 0 Å². The summed E-state index contributed by atoms with van der Waals surface area (Å²) < 4.78 is 0. The Morgan fingerprint density at radius 1 is 0.780 bits per heavy atom. The average Bonchev–Trinajstić information content (AvgIpc) is 3.58. The molecule has 1 aliphatic heterocycles. The van der Waals surface area contributed by atoms with Crippen molar-refractivity contribution >= 4 is 28.5 Å². The molecule has 0 bridgehead atoms. The second kappa shape index (κ2) is 16.4. The highest BCUT2D eigenvalue weighted by molar-refractivity contribution is 7.17. The Balaban J connectivity index is 1.88. The summed E-state index contributed by atoms with van der Waals surface area (Å²) in [5.74, 6) is -0.321. The van der Waals surface area contributed by atoms with Crippen LogP contribution in [0.5, 0.6) is 0 Å². The second-order valence-electron chi connectivity index (χ2n) is 10.4. The lowest BCUT2D eigenvalue weighted by atomic mass is 10.1. The maximum Gasteiger partial charge on any atom is 0.261 e. The van der Waals surface area contributed by atoms with Gasteiger partial charge in [0.15, 0.2) is 5.57 Å². The Labute approximate surface area is 249 Å². The Bertz CT molecular complexity index is 1340. The molecule has 0 fully saturated rings. The van der Waals surface area contributed by atoms with Crippen molar-refractivity contribution in [1.82, 2.24) is 4.90 Å². The van der Waals surface area contributed by atoms with Crippen molar-refractivity contribution in [3.63, 3.8) is 0 Å². The summed E-state index contributed by atoms with van der Waals surface area (Å²) in [7, 11) is 0. The van der Waals surface area contributed by atoms with Crippen molar-refractivity contribution in [3.05, 3.63) is 58.1 Å². The number of rotatable bonds is 16. The molecule has 0 radical (unpaired) electrons. The molecule has 6 nitrogen and oxygen atoms in total. The third-order valence-corrected chi connectivity index (χ3v) is 8.61. The quantitative estimate of drug-likeness (QED) is 0.149. The van der Waals surface area contributed by atoms with Crippen LogP contribution < -0.4 is 4.90 Å². The summed E-state index contributed by atoms with van der Waals surface area (Å²) in [5.41, 5.74) is 2.61. The summed E-state index contributed by atoms with van der Waals surface area (Å²) in [6.07, 6.45) is 11.5. The number of anilines is 1. The van der Waals surface area contributed by atoms with Gasteiger partial charge in [-0.3, -0.25) is 4.79 Å². The predicted molar refractivity (Wildman–Crippen MR) is 168 cm³/mol. The fraction of sp³-hybridized carbons (Fsp3) is 0.471. The van der Waals surface area contributed by atoms with Gasteiger partial charge in [-0.2, -0.15) is 15.8 Å². The van der Waals surface area contributed by atoms with E-state index in [1.54, 1.807) is 0 Å². The van der Waals surface area contributed by atoms with Crippen LogP contribution in [0.1, 0.15) is 89.9 Å². The smallest absolute Gasteiger partial charge is 0.261 e. The molecule has 0 N–H and O–H groups in total. The maximum atomic E-state index is 13.5. The molecule has 2 heterocycles. The van der Waals surface area contributed by atoms with Crippen LogP contribution in [0.25, 0.3) is 16.0 Å². The van der Waals surface area contributed by atoms with Gasteiger partial charge >= 0.3 is 0 Å². The number of nitrogens with zero attached hydrogens (tertiary/aromatic N) is 5. The predicted octanol–water partition coefficient (Wildman–Crippen LogP) is 8.60. The van der Waals surface area contributed by atoms with E-state index in [4.69, 9.17) is 0 Å². The van der Waals surface area contributed by atoms with E-state index in [9.17, 15) is 20.6 Å². The topological polar surface area (TPSA) is 94.9 Å². The lowest BCUT2D eigenvalue weighted by Crippen LogP contribution is -2.27. The van der Waals surface area contributed by atoms with Crippen molar-refractivity contribution in [2.24, 2.45) is 0 Å². The van der Waals surface area contributed by atoms with Gasteiger partial charge in [0.1, 0.15) is 18.2 Å². The first-order chi connectivity index (χ1) is 20.0. The minimum atomic E-state index is -0.321. The van der Waals surface area contributed by atoms with Crippen molar-refractivity contribution in [2.45, 2.75) is 85.0 Å². The number of hydrogen-bond acceptors (Lipinski definition) is 6. The fourth-order valence-corrected chi connectivity index (χ4v) is 6.20. The first kappa shape index (κ1) is 31.7. The van der Waals surface area contributed by atoms with Crippen LogP contribution in [0.4, 0.5) is 5.69 Å². The third-order valence-electron chi connectivity index (χ3n) is 7.46. The molecule has 0 aliphatic carbocycles. The van der Waals surface area contributed by atoms with Gasteiger partial charge < -0.3 is 9.80 Å². The molecule has 1 aromatic heterocycles. The average molecular weight is 568 g/mol. The Kier molecular flexibility index (Phi) is 12.7. The van der Waals surface area contributed by atoms with Gasteiger partial charge in [-0.05, 0) is 49.1 Å². The number of hydrogen-bond donors (Lipinski definition) is 0. The number of amides is 1. The van der Waals surface area contributed by atoms with E-state index in [-0.39, 0.29) is 28.3 Å². The number of unbranched alkanes of at least 4 members (excludes halogenated alkanes) is 7. The van der Waals surface area contributed by atoms with Crippen molar-refractivity contribution in [3.8, 4) is 28.6 Å². The Morgan fingerprint density at radius 3 is 1.90 bits per heavy atom. The molecular weight excluding hydrogens is 526 g/mol. The number of benzene rings is 1. The Hall–Kier alpha value is -3.86.